The molecule has 0 saturated heterocycles. The van der Waals surface area contributed by atoms with E-state index < -0.39 is 23.3 Å². The highest BCUT2D eigenvalue weighted by Crippen LogP contribution is 2.33. The molecule has 2 aromatic rings. The summed E-state index contributed by atoms with van der Waals surface area (Å²) in [6.07, 6.45) is -3.62. The van der Waals surface area contributed by atoms with Gasteiger partial charge in [0, 0.05) is 6.07 Å². The van der Waals surface area contributed by atoms with Crippen LogP contribution in [0.5, 0.6) is 5.75 Å². The Morgan fingerprint density at radius 3 is 2.58 bits per heavy atom. The van der Waals surface area contributed by atoms with Crippen molar-refractivity contribution in [2.24, 2.45) is 0 Å². The maximum Gasteiger partial charge on any atom is 0.339 e. The molecule has 0 aliphatic rings. The van der Waals surface area contributed by atoms with Crippen LogP contribution in [-0.4, -0.2) is 13.5 Å². The second-order valence-corrected chi connectivity index (χ2v) is 3.76. The molecule has 0 amide bonds. The van der Waals surface area contributed by atoms with Crippen molar-refractivity contribution in [1.82, 2.24) is 0 Å². The summed E-state index contributed by atoms with van der Waals surface area (Å²) in [5.41, 5.74) is -2.56. The molecule has 1 aromatic carbocycles. The standard InChI is InChI=1S/C12H8F4O3/c1-18-6-2-3-7-9(4-6)19-5-8(10(7)17)12(15,16)11(13)14/h2-5,11H,1H3. The number of halogens is 4. The number of fused-ring (bicyclic) bond motifs is 1. The average molecular weight is 276 g/mol. The fourth-order valence-electron chi connectivity index (χ4n) is 1.58. The van der Waals surface area contributed by atoms with E-state index in [4.69, 9.17) is 9.15 Å². The van der Waals surface area contributed by atoms with E-state index in [1.54, 1.807) is 0 Å². The van der Waals surface area contributed by atoms with Crippen LogP contribution < -0.4 is 10.2 Å². The third kappa shape index (κ3) is 2.16. The van der Waals surface area contributed by atoms with Gasteiger partial charge < -0.3 is 9.15 Å². The van der Waals surface area contributed by atoms with Crippen LogP contribution in [0.1, 0.15) is 5.56 Å². The van der Waals surface area contributed by atoms with Gasteiger partial charge in [-0.15, -0.1) is 0 Å². The predicted octanol–water partition coefficient (Wildman–Crippen LogP) is 3.16. The molecule has 0 bridgehead atoms. The van der Waals surface area contributed by atoms with Crippen molar-refractivity contribution in [2.75, 3.05) is 7.11 Å². The molecule has 0 spiro atoms. The largest absolute Gasteiger partial charge is 0.497 e. The molecule has 0 fully saturated rings. The van der Waals surface area contributed by atoms with E-state index in [1.807, 2.05) is 0 Å². The second-order valence-electron chi connectivity index (χ2n) is 3.76. The summed E-state index contributed by atoms with van der Waals surface area (Å²) in [6, 6.07) is 3.84. The summed E-state index contributed by atoms with van der Waals surface area (Å²) < 4.78 is 60.5. The maximum atomic E-state index is 13.2. The van der Waals surface area contributed by atoms with Gasteiger partial charge in [-0.1, -0.05) is 0 Å². The van der Waals surface area contributed by atoms with Crippen molar-refractivity contribution in [1.29, 1.82) is 0 Å². The minimum atomic E-state index is -4.55. The SMILES string of the molecule is COc1ccc2c(=O)c(C(F)(F)C(F)F)coc2c1. The van der Waals surface area contributed by atoms with Gasteiger partial charge in [-0.25, -0.2) is 8.78 Å². The Labute approximate surface area is 104 Å². The van der Waals surface area contributed by atoms with Crippen LogP contribution in [-0.2, 0) is 5.92 Å². The number of benzene rings is 1. The van der Waals surface area contributed by atoms with Gasteiger partial charge >= 0.3 is 12.3 Å². The summed E-state index contributed by atoms with van der Waals surface area (Å²) in [6.45, 7) is 0. The van der Waals surface area contributed by atoms with Gasteiger partial charge in [-0.2, -0.15) is 8.78 Å². The lowest BCUT2D eigenvalue weighted by Crippen LogP contribution is -2.30. The first kappa shape index (κ1) is 13.4. The Balaban J connectivity index is 2.69. The van der Waals surface area contributed by atoms with Gasteiger partial charge in [0.25, 0.3) is 0 Å². The molecular weight excluding hydrogens is 268 g/mol. The van der Waals surface area contributed by atoms with Crippen molar-refractivity contribution in [2.45, 2.75) is 12.3 Å². The molecule has 7 heteroatoms. The van der Waals surface area contributed by atoms with E-state index in [2.05, 4.69) is 0 Å². The van der Waals surface area contributed by atoms with E-state index in [0.29, 0.717) is 12.0 Å². The smallest absolute Gasteiger partial charge is 0.339 e. The summed E-state index contributed by atoms with van der Waals surface area (Å²) in [5, 5.41) is -0.210. The van der Waals surface area contributed by atoms with Gasteiger partial charge in [-0.05, 0) is 12.1 Å². The van der Waals surface area contributed by atoms with Crippen LogP contribution in [0.2, 0.25) is 0 Å². The topological polar surface area (TPSA) is 39.4 Å². The zero-order valence-electron chi connectivity index (χ0n) is 9.62. The highest BCUT2D eigenvalue weighted by molar-refractivity contribution is 5.78. The molecule has 0 aliphatic carbocycles. The first-order valence-corrected chi connectivity index (χ1v) is 5.14. The van der Waals surface area contributed by atoms with E-state index in [0.717, 1.165) is 0 Å². The van der Waals surface area contributed by atoms with Gasteiger partial charge in [0.15, 0.2) is 0 Å². The fourth-order valence-corrected chi connectivity index (χ4v) is 1.58. The van der Waals surface area contributed by atoms with Crippen molar-refractivity contribution >= 4 is 11.0 Å². The van der Waals surface area contributed by atoms with E-state index in [9.17, 15) is 22.4 Å². The van der Waals surface area contributed by atoms with Gasteiger partial charge in [0.1, 0.15) is 23.2 Å². The molecule has 1 aromatic heterocycles. The number of methoxy groups -OCH3 is 1. The summed E-state index contributed by atoms with van der Waals surface area (Å²) in [7, 11) is 1.37. The van der Waals surface area contributed by atoms with Crippen LogP contribution in [0, 0.1) is 0 Å². The minimum Gasteiger partial charge on any atom is -0.497 e. The number of hydrogen-bond donors (Lipinski definition) is 0. The third-order valence-corrected chi connectivity index (χ3v) is 2.61. The molecule has 0 radical (unpaired) electrons. The predicted molar refractivity (Wildman–Crippen MR) is 58.9 cm³/mol. The maximum absolute atomic E-state index is 13.2. The number of hydrogen-bond acceptors (Lipinski definition) is 3. The Bertz CT molecular complexity index is 664. The van der Waals surface area contributed by atoms with Crippen LogP contribution in [0.4, 0.5) is 17.6 Å². The molecule has 2 rings (SSSR count). The van der Waals surface area contributed by atoms with Crippen molar-refractivity contribution in [3.63, 3.8) is 0 Å². The second kappa shape index (κ2) is 4.56. The molecular formula is C12H8F4O3. The van der Waals surface area contributed by atoms with Crippen LogP contribution in [0.3, 0.4) is 0 Å². The highest BCUT2D eigenvalue weighted by atomic mass is 19.3. The zero-order chi connectivity index (χ0) is 14.2. The molecule has 102 valence electrons. The summed E-state index contributed by atoms with van der Waals surface area (Å²) in [5.74, 6) is -4.20. The highest BCUT2D eigenvalue weighted by Gasteiger charge is 2.45. The zero-order valence-corrected chi connectivity index (χ0v) is 9.62. The average Bonchev–Trinajstić information content (AvgIpc) is 2.38. The van der Waals surface area contributed by atoms with Crippen molar-refractivity contribution < 1.29 is 26.7 Å². The number of alkyl halides is 4. The molecule has 3 nitrogen and oxygen atoms in total. The lowest BCUT2D eigenvalue weighted by Gasteiger charge is -2.14. The quantitative estimate of drug-likeness (QED) is 0.808. The van der Waals surface area contributed by atoms with Crippen molar-refractivity contribution in [3.8, 4) is 5.75 Å². The van der Waals surface area contributed by atoms with Crippen LogP contribution in [0.15, 0.2) is 33.7 Å². The normalized spacial score (nSPS) is 12.1. The van der Waals surface area contributed by atoms with Crippen LogP contribution in [0.25, 0.3) is 11.0 Å². The van der Waals surface area contributed by atoms with E-state index in [1.165, 1.54) is 25.3 Å². The summed E-state index contributed by atoms with van der Waals surface area (Å²) in [4.78, 5) is 11.8. The number of rotatable bonds is 3. The lowest BCUT2D eigenvalue weighted by atomic mass is 10.1. The van der Waals surface area contributed by atoms with Gasteiger partial charge in [0.2, 0.25) is 5.43 Å². The minimum absolute atomic E-state index is 0.0156. The van der Waals surface area contributed by atoms with E-state index >= 15 is 0 Å². The first-order chi connectivity index (χ1) is 8.87. The van der Waals surface area contributed by atoms with Gasteiger partial charge in [-0.3, -0.25) is 4.79 Å². The Morgan fingerprint density at radius 2 is 2.00 bits per heavy atom. The summed E-state index contributed by atoms with van der Waals surface area (Å²) >= 11 is 0. The molecule has 1 heterocycles. The molecule has 0 unspecified atom stereocenters. The monoisotopic (exact) mass is 276 g/mol. The first-order valence-electron chi connectivity index (χ1n) is 5.14. The molecule has 0 saturated carbocycles. The van der Waals surface area contributed by atoms with Crippen molar-refractivity contribution in [3.05, 3.63) is 40.2 Å². The molecule has 0 atom stereocenters. The van der Waals surface area contributed by atoms with Gasteiger partial charge in [0.05, 0.1) is 12.5 Å². The third-order valence-electron chi connectivity index (χ3n) is 2.61. The molecule has 0 aliphatic heterocycles. The Kier molecular flexibility index (Phi) is 3.21. The van der Waals surface area contributed by atoms with Crippen LogP contribution >= 0.6 is 0 Å². The Morgan fingerprint density at radius 1 is 1.32 bits per heavy atom. The molecule has 0 N–H and O–H groups in total. The number of ether oxygens (including phenoxy) is 1. The lowest BCUT2D eigenvalue weighted by molar-refractivity contribution is -0.136. The fraction of sp³-hybridized carbons (Fsp3) is 0.250. The van der Waals surface area contributed by atoms with E-state index in [-0.39, 0.29) is 11.0 Å². The Hall–Kier alpha value is -2.05. The molecule has 19 heavy (non-hydrogen) atoms.